The average molecular weight is 519 g/mol. The van der Waals surface area contributed by atoms with E-state index in [1.54, 1.807) is 0 Å². The molecule has 0 saturated heterocycles. The lowest BCUT2D eigenvalue weighted by Crippen LogP contribution is -2.25. The zero-order chi connectivity index (χ0) is 26.2. The molecule has 11 heteroatoms. The number of hydrogen-bond donors (Lipinski definition) is 2. The van der Waals surface area contributed by atoms with Gasteiger partial charge in [0.05, 0.1) is 18.2 Å². The lowest BCUT2D eigenvalue weighted by Gasteiger charge is -2.15. The van der Waals surface area contributed by atoms with Crippen LogP contribution in [0.3, 0.4) is 0 Å². The highest BCUT2D eigenvalue weighted by molar-refractivity contribution is 7.85. The van der Waals surface area contributed by atoms with Crippen molar-refractivity contribution in [3.63, 3.8) is 0 Å². The summed E-state index contributed by atoms with van der Waals surface area (Å²) in [5.74, 6) is -2.54. The topological polar surface area (TPSA) is 67.4 Å². The molecule has 2 atom stereocenters. The SMILES string of the molecule is CCCOCCc1cc(C(F)(F)F)ccc1/C=C/C(=O)N[C@H](C)c1cc(F)c(NS(C)=O)c(F)c1. The molecule has 2 aromatic rings. The van der Waals surface area contributed by atoms with Crippen LogP contribution in [0.4, 0.5) is 27.6 Å². The van der Waals surface area contributed by atoms with Gasteiger partial charge in [-0.2, -0.15) is 13.2 Å². The fourth-order valence-electron chi connectivity index (χ4n) is 3.18. The number of anilines is 1. The summed E-state index contributed by atoms with van der Waals surface area (Å²) in [6.45, 7) is 4.14. The normalized spacial score (nSPS) is 13.6. The Labute approximate surface area is 203 Å². The van der Waals surface area contributed by atoms with Crippen LogP contribution in [0, 0.1) is 11.6 Å². The molecule has 1 unspecified atom stereocenters. The molecule has 192 valence electrons. The van der Waals surface area contributed by atoms with Crippen LogP contribution < -0.4 is 10.0 Å². The Morgan fingerprint density at radius 3 is 2.37 bits per heavy atom. The van der Waals surface area contributed by atoms with Gasteiger partial charge in [0.25, 0.3) is 0 Å². The quantitative estimate of drug-likeness (QED) is 0.233. The predicted molar refractivity (Wildman–Crippen MR) is 126 cm³/mol. The van der Waals surface area contributed by atoms with Gasteiger partial charge >= 0.3 is 6.18 Å². The van der Waals surface area contributed by atoms with E-state index in [2.05, 4.69) is 10.0 Å². The largest absolute Gasteiger partial charge is 0.416 e. The van der Waals surface area contributed by atoms with Crippen LogP contribution in [0.5, 0.6) is 0 Å². The van der Waals surface area contributed by atoms with Gasteiger partial charge in [0.1, 0.15) is 16.7 Å². The van der Waals surface area contributed by atoms with E-state index in [9.17, 15) is 31.0 Å². The van der Waals surface area contributed by atoms with Crippen molar-refractivity contribution < 1.29 is 35.7 Å². The highest BCUT2D eigenvalue weighted by atomic mass is 32.2. The molecule has 2 aromatic carbocycles. The minimum Gasteiger partial charge on any atom is -0.381 e. The van der Waals surface area contributed by atoms with E-state index in [0.717, 1.165) is 36.8 Å². The summed E-state index contributed by atoms with van der Waals surface area (Å²) in [4.78, 5) is 12.4. The molecule has 0 radical (unpaired) electrons. The second-order valence-corrected chi connectivity index (χ2v) is 8.87. The Bertz CT molecular complexity index is 1070. The maximum Gasteiger partial charge on any atom is 0.416 e. The van der Waals surface area contributed by atoms with Crippen molar-refractivity contribution in [3.05, 3.63) is 70.3 Å². The molecule has 2 rings (SSSR count). The summed E-state index contributed by atoms with van der Waals surface area (Å²) in [5, 5.41) is 2.55. The van der Waals surface area contributed by atoms with Gasteiger partial charge in [-0.15, -0.1) is 0 Å². The number of carbonyl (C=O) groups excluding carboxylic acids is 1. The number of halogens is 5. The first-order valence-corrected chi connectivity index (χ1v) is 12.3. The predicted octanol–water partition coefficient (Wildman–Crippen LogP) is 5.55. The van der Waals surface area contributed by atoms with E-state index in [1.807, 2.05) is 6.92 Å². The number of nitrogens with one attached hydrogen (secondary N) is 2. The first kappa shape index (κ1) is 28.4. The monoisotopic (exact) mass is 518 g/mol. The van der Waals surface area contributed by atoms with Crippen LogP contribution in [0.1, 0.15) is 48.6 Å². The molecule has 1 amide bonds. The van der Waals surface area contributed by atoms with E-state index < -0.39 is 52.0 Å². The van der Waals surface area contributed by atoms with Gasteiger partial charge in [-0.3, -0.25) is 4.79 Å². The fourth-order valence-corrected chi connectivity index (χ4v) is 3.67. The molecular formula is C24H27F5N2O3S. The Balaban J connectivity index is 2.15. The summed E-state index contributed by atoms with van der Waals surface area (Å²) < 4.78 is 86.5. The summed E-state index contributed by atoms with van der Waals surface area (Å²) in [6.07, 6.45) is 0.237. The van der Waals surface area contributed by atoms with Crippen molar-refractivity contribution in [2.45, 2.75) is 38.9 Å². The first-order valence-electron chi connectivity index (χ1n) is 10.8. The maximum atomic E-state index is 14.2. The van der Waals surface area contributed by atoms with Crippen LogP contribution in [0.25, 0.3) is 6.08 Å². The van der Waals surface area contributed by atoms with Crippen molar-refractivity contribution in [1.82, 2.24) is 5.32 Å². The standard InChI is InChI=1S/C24H27F5N2O3S/c1-4-10-34-11-9-17-12-19(24(27,28)29)7-5-16(17)6-8-22(32)30-15(2)18-13-20(25)23(21(26)14-18)31-35(3)33/h5-8,12-15,31H,4,9-11H2,1-3H3,(H,30,32)/b8-6+/t15-,35?/m1/s1. The molecule has 2 N–H and O–H groups in total. The van der Waals surface area contributed by atoms with Crippen LogP contribution in [-0.2, 0) is 33.1 Å². The molecule has 0 spiro atoms. The molecule has 0 fully saturated rings. The third-order valence-electron chi connectivity index (χ3n) is 4.92. The van der Waals surface area contributed by atoms with Crippen molar-refractivity contribution in [2.24, 2.45) is 0 Å². The zero-order valence-electron chi connectivity index (χ0n) is 19.5. The zero-order valence-corrected chi connectivity index (χ0v) is 20.3. The molecule has 5 nitrogen and oxygen atoms in total. The molecule has 0 aromatic heterocycles. The molecule has 0 saturated carbocycles. The number of rotatable bonds is 11. The Morgan fingerprint density at radius 2 is 1.80 bits per heavy atom. The van der Waals surface area contributed by atoms with Crippen LogP contribution in [-0.4, -0.2) is 29.6 Å². The molecule has 0 aliphatic rings. The number of hydrogen-bond acceptors (Lipinski definition) is 3. The second kappa shape index (κ2) is 12.8. The second-order valence-electron chi connectivity index (χ2n) is 7.75. The Hall–Kier alpha value is -2.79. The fraction of sp³-hybridized carbons (Fsp3) is 0.375. The van der Waals surface area contributed by atoms with Crippen molar-refractivity contribution in [1.29, 1.82) is 0 Å². The number of amides is 1. The number of benzene rings is 2. The minimum atomic E-state index is -4.50. The molecule has 0 aliphatic heterocycles. The number of ether oxygens (including phenoxy) is 1. The summed E-state index contributed by atoms with van der Waals surface area (Å²) >= 11 is 0. The van der Waals surface area contributed by atoms with Crippen molar-refractivity contribution in [3.8, 4) is 0 Å². The molecule has 0 bridgehead atoms. The van der Waals surface area contributed by atoms with Gasteiger partial charge in [0, 0.05) is 18.9 Å². The Kier molecular flexibility index (Phi) is 10.4. The smallest absolute Gasteiger partial charge is 0.381 e. The number of carbonyl (C=O) groups is 1. The van der Waals surface area contributed by atoms with Crippen molar-refractivity contribution in [2.75, 3.05) is 24.2 Å². The molecule has 0 heterocycles. The van der Waals surface area contributed by atoms with Crippen LogP contribution in [0.15, 0.2) is 36.4 Å². The third-order valence-corrected chi connectivity index (χ3v) is 5.41. The van der Waals surface area contributed by atoms with E-state index in [-0.39, 0.29) is 18.6 Å². The molecular weight excluding hydrogens is 491 g/mol. The maximum absolute atomic E-state index is 14.2. The van der Waals surface area contributed by atoms with Gasteiger partial charge in [-0.1, -0.05) is 13.0 Å². The van der Waals surface area contributed by atoms with E-state index in [0.29, 0.717) is 17.7 Å². The van der Waals surface area contributed by atoms with Gasteiger partial charge in [-0.05, 0) is 66.8 Å². The average Bonchev–Trinajstić information content (AvgIpc) is 2.77. The van der Waals surface area contributed by atoms with E-state index in [1.165, 1.54) is 25.3 Å². The molecule has 35 heavy (non-hydrogen) atoms. The number of alkyl halides is 3. The van der Waals surface area contributed by atoms with Crippen molar-refractivity contribution >= 4 is 28.7 Å². The van der Waals surface area contributed by atoms with Gasteiger partial charge in [-0.25, -0.2) is 13.0 Å². The summed E-state index contributed by atoms with van der Waals surface area (Å²) in [7, 11) is -1.68. The minimum absolute atomic E-state index is 0.137. The van der Waals surface area contributed by atoms with Gasteiger partial charge in [0.2, 0.25) is 5.91 Å². The van der Waals surface area contributed by atoms with Gasteiger partial charge < -0.3 is 14.8 Å². The summed E-state index contributed by atoms with van der Waals surface area (Å²) in [6, 6.07) is 4.47. The first-order chi connectivity index (χ1) is 16.4. The highest BCUT2D eigenvalue weighted by Crippen LogP contribution is 2.31. The lowest BCUT2D eigenvalue weighted by atomic mass is 10.0. The van der Waals surface area contributed by atoms with Gasteiger partial charge in [0.15, 0.2) is 11.6 Å². The van der Waals surface area contributed by atoms with Crippen LogP contribution >= 0.6 is 0 Å². The van der Waals surface area contributed by atoms with E-state index in [4.69, 9.17) is 4.74 Å². The lowest BCUT2D eigenvalue weighted by molar-refractivity contribution is -0.137. The highest BCUT2D eigenvalue weighted by Gasteiger charge is 2.30. The van der Waals surface area contributed by atoms with E-state index >= 15 is 0 Å². The summed E-state index contributed by atoms with van der Waals surface area (Å²) in [5.41, 5.74) is -0.412. The Morgan fingerprint density at radius 1 is 1.14 bits per heavy atom. The van der Waals surface area contributed by atoms with Crippen LogP contribution in [0.2, 0.25) is 0 Å². The third kappa shape index (κ3) is 8.74. The molecule has 0 aliphatic carbocycles.